The van der Waals surface area contributed by atoms with Crippen LogP contribution in [-0.2, 0) is 4.79 Å². The van der Waals surface area contributed by atoms with Crippen molar-refractivity contribution in [1.82, 2.24) is 5.32 Å². The molecule has 0 radical (unpaired) electrons. The van der Waals surface area contributed by atoms with E-state index in [1.807, 2.05) is 0 Å². The Morgan fingerprint density at radius 2 is 2.28 bits per heavy atom. The average molecular weight is 251 g/mol. The van der Waals surface area contributed by atoms with E-state index in [1.54, 1.807) is 31.4 Å². The van der Waals surface area contributed by atoms with Gasteiger partial charge in [-0.15, -0.1) is 0 Å². The lowest BCUT2D eigenvalue weighted by Crippen LogP contribution is -2.41. The molecule has 1 aliphatic rings. The van der Waals surface area contributed by atoms with Crippen molar-refractivity contribution in [3.05, 3.63) is 29.8 Å². The number of nitrogens with one attached hydrogen (secondary N) is 1. The van der Waals surface area contributed by atoms with E-state index >= 15 is 0 Å². The maximum atomic E-state index is 11.0. The van der Waals surface area contributed by atoms with Crippen molar-refractivity contribution in [2.45, 2.75) is 24.5 Å². The largest absolute Gasteiger partial charge is 0.497 e. The van der Waals surface area contributed by atoms with E-state index in [-0.39, 0.29) is 6.54 Å². The van der Waals surface area contributed by atoms with Crippen molar-refractivity contribution in [2.24, 2.45) is 0 Å². The maximum absolute atomic E-state index is 11.0. The van der Waals surface area contributed by atoms with Gasteiger partial charge >= 0.3 is 5.97 Å². The molecule has 0 saturated heterocycles. The fourth-order valence-electron chi connectivity index (χ4n) is 1.85. The Morgan fingerprint density at radius 3 is 2.83 bits per heavy atom. The number of rotatable bonds is 6. The third kappa shape index (κ3) is 2.63. The molecule has 98 valence electrons. The number of aliphatic carboxylic acids is 1. The molecule has 2 rings (SSSR count). The number of methoxy groups -OCH3 is 1. The first kappa shape index (κ1) is 12.9. The maximum Gasteiger partial charge on any atom is 0.323 e. The number of hydrogen-bond acceptors (Lipinski definition) is 4. The minimum atomic E-state index is -0.847. The van der Waals surface area contributed by atoms with Gasteiger partial charge in [0.2, 0.25) is 0 Å². The van der Waals surface area contributed by atoms with Crippen LogP contribution in [0.1, 0.15) is 24.5 Å². The molecule has 1 aromatic carbocycles. The van der Waals surface area contributed by atoms with Crippen LogP contribution in [-0.4, -0.2) is 35.4 Å². The first-order valence-corrected chi connectivity index (χ1v) is 5.88. The van der Waals surface area contributed by atoms with E-state index in [0.29, 0.717) is 24.2 Å². The van der Waals surface area contributed by atoms with Crippen molar-refractivity contribution in [1.29, 1.82) is 0 Å². The Balaban J connectivity index is 1.95. The standard InChI is InChI=1S/C13H17NO4/c1-18-10-4-2-3-9(7-10)11(15)8-14-13(5-6-13)12(16)17/h2-4,7,11,14-15H,5-6,8H2,1H3,(H,16,17). The van der Waals surface area contributed by atoms with Crippen LogP contribution >= 0.6 is 0 Å². The minimum Gasteiger partial charge on any atom is -0.497 e. The zero-order chi connectivity index (χ0) is 13.2. The molecule has 1 fully saturated rings. The number of carboxylic acid groups (broad SMARTS) is 1. The summed E-state index contributed by atoms with van der Waals surface area (Å²) in [5.74, 6) is -0.175. The zero-order valence-corrected chi connectivity index (χ0v) is 10.2. The number of ether oxygens (including phenoxy) is 1. The molecular formula is C13H17NO4. The Bertz CT molecular complexity index is 442. The van der Waals surface area contributed by atoms with E-state index in [2.05, 4.69) is 5.32 Å². The first-order valence-electron chi connectivity index (χ1n) is 5.88. The van der Waals surface area contributed by atoms with Gasteiger partial charge in [0.25, 0.3) is 0 Å². The number of carboxylic acids is 1. The lowest BCUT2D eigenvalue weighted by atomic mass is 10.1. The molecule has 1 aromatic rings. The van der Waals surface area contributed by atoms with Gasteiger partial charge in [0.15, 0.2) is 0 Å². The summed E-state index contributed by atoms with van der Waals surface area (Å²) in [5, 5.41) is 21.9. The lowest BCUT2D eigenvalue weighted by Gasteiger charge is -2.17. The van der Waals surface area contributed by atoms with Crippen LogP contribution < -0.4 is 10.1 Å². The summed E-state index contributed by atoms with van der Waals surface area (Å²) in [4.78, 5) is 11.0. The second-order valence-corrected chi connectivity index (χ2v) is 4.56. The third-order valence-electron chi connectivity index (χ3n) is 3.27. The van der Waals surface area contributed by atoms with Gasteiger partial charge in [-0.25, -0.2) is 0 Å². The highest BCUT2D eigenvalue weighted by atomic mass is 16.5. The van der Waals surface area contributed by atoms with E-state index in [4.69, 9.17) is 9.84 Å². The van der Waals surface area contributed by atoms with Crippen molar-refractivity contribution >= 4 is 5.97 Å². The first-order chi connectivity index (χ1) is 8.57. The van der Waals surface area contributed by atoms with Crippen LogP contribution in [0.3, 0.4) is 0 Å². The zero-order valence-electron chi connectivity index (χ0n) is 10.2. The Hall–Kier alpha value is -1.59. The van der Waals surface area contributed by atoms with Gasteiger partial charge in [-0.1, -0.05) is 12.1 Å². The van der Waals surface area contributed by atoms with Gasteiger partial charge in [0, 0.05) is 6.54 Å². The summed E-state index contributed by atoms with van der Waals surface area (Å²) < 4.78 is 5.08. The minimum absolute atomic E-state index is 0.222. The van der Waals surface area contributed by atoms with Crippen LogP contribution in [0.4, 0.5) is 0 Å². The van der Waals surface area contributed by atoms with E-state index in [9.17, 15) is 9.90 Å². The molecule has 0 bridgehead atoms. The molecule has 1 atom stereocenters. The number of β-amino-alcohol motifs (C(OH)–C–C–N with tert-alkyl or cyclic N) is 1. The van der Waals surface area contributed by atoms with Gasteiger partial charge in [-0.2, -0.15) is 0 Å². The van der Waals surface area contributed by atoms with Crippen LogP contribution in [0.15, 0.2) is 24.3 Å². The highest BCUT2D eigenvalue weighted by Crippen LogP contribution is 2.35. The summed E-state index contributed by atoms with van der Waals surface area (Å²) in [7, 11) is 1.56. The number of aliphatic hydroxyl groups is 1. The van der Waals surface area contributed by atoms with Gasteiger partial charge < -0.3 is 14.9 Å². The molecule has 1 aliphatic carbocycles. The predicted octanol–water partition coefficient (Wildman–Crippen LogP) is 0.935. The van der Waals surface area contributed by atoms with Gasteiger partial charge in [0.1, 0.15) is 11.3 Å². The number of carbonyl (C=O) groups is 1. The number of aliphatic hydroxyl groups excluding tert-OH is 1. The molecule has 0 heterocycles. The molecular weight excluding hydrogens is 234 g/mol. The molecule has 1 unspecified atom stereocenters. The fraction of sp³-hybridized carbons (Fsp3) is 0.462. The SMILES string of the molecule is COc1cccc(C(O)CNC2(C(=O)O)CC2)c1. The summed E-state index contributed by atoms with van der Waals surface area (Å²) in [6.45, 7) is 0.222. The highest BCUT2D eigenvalue weighted by molar-refractivity contribution is 5.82. The van der Waals surface area contributed by atoms with Crippen LogP contribution in [0, 0.1) is 0 Å². The average Bonchev–Trinajstić information content (AvgIpc) is 3.17. The lowest BCUT2D eigenvalue weighted by molar-refractivity contribution is -0.140. The highest BCUT2D eigenvalue weighted by Gasteiger charge is 2.50. The number of hydrogen-bond donors (Lipinski definition) is 3. The molecule has 0 aliphatic heterocycles. The quantitative estimate of drug-likeness (QED) is 0.701. The van der Waals surface area contributed by atoms with Crippen molar-refractivity contribution in [2.75, 3.05) is 13.7 Å². The molecule has 0 spiro atoms. The fourth-order valence-corrected chi connectivity index (χ4v) is 1.85. The van der Waals surface area contributed by atoms with Gasteiger partial charge in [0.05, 0.1) is 13.2 Å². The summed E-state index contributed by atoms with van der Waals surface area (Å²) in [6.07, 6.45) is 0.497. The van der Waals surface area contributed by atoms with Crippen LogP contribution in [0.25, 0.3) is 0 Å². The van der Waals surface area contributed by atoms with Crippen molar-refractivity contribution < 1.29 is 19.7 Å². The van der Waals surface area contributed by atoms with Gasteiger partial charge in [-0.3, -0.25) is 10.1 Å². The topological polar surface area (TPSA) is 78.8 Å². The van der Waals surface area contributed by atoms with Crippen molar-refractivity contribution in [3.8, 4) is 5.75 Å². The molecule has 1 saturated carbocycles. The van der Waals surface area contributed by atoms with Crippen LogP contribution in [0.2, 0.25) is 0 Å². The van der Waals surface area contributed by atoms with Crippen molar-refractivity contribution in [3.63, 3.8) is 0 Å². The Kier molecular flexibility index (Phi) is 3.54. The third-order valence-corrected chi connectivity index (χ3v) is 3.27. The van der Waals surface area contributed by atoms with E-state index in [1.165, 1.54) is 0 Å². The predicted molar refractivity (Wildman–Crippen MR) is 65.6 cm³/mol. The second-order valence-electron chi connectivity index (χ2n) is 4.56. The van der Waals surface area contributed by atoms with E-state index in [0.717, 1.165) is 0 Å². The summed E-state index contributed by atoms with van der Waals surface area (Å²) in [6, 6.07) is 7.12. The smallest absolute Gasteiger partial charge is 0.323 e. The second kappa shape index (κ2) is 4.96. The molecule has 0 amide bonds. The van der Waals surface area contributed by atoms with E-state index < -0.39 is 17.6 Å². The Morgan fingerprint density at radius 1 is 1.56 bits per heavy atom. The normalized spacial score (nSPS) is 18.1. The van der Waals surface area contributed by atoms with Gasteiger partial charge in [-0.05, 0) is 30.5 Å². The summed E-state index contributed by atoms with van der Waals surface area (Å²) >= 11 is 0. The monoisotopic (exact) mass is 251 g/mol. The Labute approximate surface area is 105 Å². The summed E-state index contributed by atoms with van der Waals surface area (Å²) in [5.41, 5.74) is -0.108. The number of benzene rings is 1. The molecule has 18 heavy (non-hydrogen) atoms. The molecule has 5 nitrogen and oxygen atoms in total. The van der Waals surface area contributed by atoms with Crippen LogP contribution in [0.5, 0.6) is 5.75 Å². The molecule has 3 N–H and O–H groups in total. The molecule has 5 heteroatoms. The molecule has 0 aromatic heterocycles.